The quantitative estimate of drug-likeness (QED) is 0.225. The van der Waals surface area contributed by atoms with Crippen molar-refractivity contribution in [3.05, 3.63) is 94.0 Å². The zero-order valence-electron chi connectivity index (χ0n) is 21.0. The molecule has 0 aliphatic heterocycles. The zero-order chi connectivity index (χ0) is 23.8. The lowest BCUT2D eigenvalue weighted by molar-refractivity contribution is 0.295. The molecule has 0 bridgehead atoms. The van der Waals surface area contributed by atoms with Crippen LogP contribution in [0.25, 0.3) is 0 Å². The van der Waals surface area contributed by atoms with Crippen molar-refractivity contribution in [1.29, 1.82) is 0 Å². The number of ether oxygens (including phenoxy) is 1. The van der Waals surface area contributed by atoms with E-state index in [0.29, 0.717) is 15.2 Å². The van der Waals surface area contributed by atoms with Crippen LogP contribution < -0.4 is 10.0 Å². The third-order valence-electron chi connectivity index (χ3n) is 6.29. The van der Waals surface area contributed by atoms with Gasteiger partial charge in [0.25, 0.3) is 0 Å². The molecule has 0 heterocycles. The molecule has 0 N–H and O–H groups in total. The topological polar surface area (TPSA) is 21.6 Å². The Morgan fingerprint density at radius 3 is 2.36 bits per heavy atom. The molecule has 3 aromatic rings. The molecule has 0 aromatic heterocycles. The van der Waals surface area contributed by atoms with Crippen LogP contribution in [0.15, 0.2) is 65.7 Å². The lowest BCUT2D eigenvalue weighted by Gasteiger charge is -2.36. The highest BCUT2D eigenvalue weighted by Crippen LogP contribution is 2.52. The molecule has 0 saturated carbocycles. The molecule has 0 saturated heterocycles. The third kappa shape index (κ3) is 6.12. The van der Waals surface area contributed by atoms with Gasteiger partial charge < -0.3 is 4.74 Å². The van der Waals surface area contributed by atoms with Crippen molar-refractivity contribution in [1.82, 2.24) is 0 Å². The normalized spacial score (nSPS) is 13.6. The van der Waals surface area contributed by atoms with Gasteiger partial charge in [-0.05, 0) is 61.7 Å². The summed E-state index contributed by atoms with van der Waals surface area (Å²) in [7, 11) is 2.50. The van der Waals surface area contributed by atoms with Gasteiger partial charge in [-0.15, -0.1) is 0 Å². The van der Waals surface area contributed by atoms with E-state index < -0.39 is 0 Å². The maximum absolute atomic E-state index is 6.58. The fraction of sp³-hybridized carbons (Fsp3) is 0.367. The van der Waals surface area contributed by atoms with Crippen LogP contribution in [0.3, 0.4) is 0 Å². The smallest absolute Gasteiger partial charge is 0.126 e. The molecule has 174 valence electrons. The Balaban J connectivity index is 2.10. The number of nitrogens with zero attached hydrogens (tertiary/aromatic N) is 1. The van der Waals surface area contributed by atoms with Gasteiger partial charge in [-0.2, -0.15) is 0 Å². The molecule has 0 fully saturated rings. The summed E-state index contributed by atoms with van der Waals surface area (Å²) in [6, 6.07) is 21.9. The van der Waals surface area contributed by atoms with Gasteiger partial charge in [-0.25, -0.2) is 0 Å². The summed E-state index contributed by atoms with van der Waals surface area (Å²) in [4.78, 5) is 4.35. The van der Waals surface area contributed by atoms with Crippen LogP contribution in [0.5, 0.6) is 5.75 Å². The first-order chi connectivity index (χ1) is 15.9. The zero-order valence-corrected chi connectivity index (χ0v) is 22.0. The van der Waals surface area contributed by atoms with Crippen LogP contribution in [-0.2, 0) is 11.8 Å². The Kier molecular flexibility index (Phi) is 8.87. The Bertz CT molecular complexity index is 1090. The van der Waals surface area contributed by atoms with E-state index >= 15 is 0 Å². The van der Waals surface area contributed by atoms with Crippen LogP contribution in [0.1, 0.15) is 66.5 Å². The number of aryl methyl sites for hydroxylation is 3. The number of hydrogen-bond donors (Lipinski definition) is 0. The second kappa shape index (κ2) is 11.6. The number of hydrogen-bond acceptors (Lipinski definition) is 2. The third-order valence-corrected chi connectivity index (χ3v) is 8.37. The van der Waals surface area contributed by atoms with Gasteiger partial charge >= 0.3 is 0 Å². The Morgan fingerprint density at radius 2 is 1.70 bits per heavy atom. The van der Waals surface area contributed by atoms with E-state index in [4.69, 9.17) is 4.74 Å². The molecule has 0 amide bonds. The lowest BCUT2D eigenvalue weighted by atomic mass is 9.87. The highest BCUT2D eigenvalue weighted by Gasteiger charge is 2.34. The van der Waals surface area contributed by atoms with E-state index in [0.717, 1.165) is 25.0 Å². The van der Waals surface area contributed by atoms with Crippen LogP contribution in [0.2, 0.25) is 0 Å². The SMILES string of the molecule is CCCC(CC)(Pc1ccc(C)cc1C=NC)c1cc(C)cc(C)c1OCc1ccccc1. The molecule has 33 heavy (non-hydrogen) atoms. The molecule has 3 aromatic carbocycles. The molecule has 0 aliphatic rings. The largest absolute Gasteiger partial charge is 0.488 e. The van der Waals surface area contributed by atoms with Gasteiger partial charge in [0.15, 0.2) is 0 Å². The second-order valence-corrected chi connectivity index (χ2v) is 10.8. The number of rotatable bonds is 10. The molecular weight excluding hydrogens is 421 g/mol. The number of benzene rings is 3. The first-order valence-corrected chi connectivity index (χ1v) is 13.0. The minimum atomic E-state index is 0.0309. The van der Waals surface area contributed by atoms with Crippen LogP contribution in [-0.4, -0.2) is 13.3 Å². The fourth-order valence-electron chi connectivity index (χ4n) is 4.68. The first-order valence-electron chi connectivity index (χ1n) is 12.0. The van der Waals surface area contributed by atoms with Gasteiger partial charge in [-0.1, -0.05) is 94.6 Å². The minimum absolute atomic E-state index is 0.0309. The monoisotopic (exact) mass is 459 g/mol. The van der Waals surface area contributed by atoms with E-state index in [1.807, 2.05) is 13.3 Å². The maximum Gasteiger partial charge on any atom is 0.126 e. The predicted molar refractivity (Wildman–Crippen MR) is 146 cm³/mol. The van der Waals surface area contributed by atoms with E-state index in [1.165, 1.54) is 38.7 Å². The summed E-state index contributed by atoms with van der Waals surface area (Å²) in [5.41, 5.74) is 7.59. The van der Waals surface area contributed by atoms with Crippen LogP contribution in [0.4, 0.5) is 0 Å². The van der Waals surface area contributed by atoms with Crippen LogP contribution >= 0.6 is 8.58 Å². The molecule has 2 atom stereocenters. The van der Waals surface area contributed by atoms with Crippen molar-refractivity contribution in [2.45, 2.75) is 65.6 Å². The molecule has 0 spiro atoms. The van der Waals surface area contributed by atoms with Crippen LogP contribution in [0, 0.1) is 20.8 Å². The standard InChI is InChI=1S/C30H38NOP/c1-7-16-30(8-2,33-28-15-14-22(3)18-26(28)20-31-6)27-19-23(4)17-24(5)29(27)32-21-25-12-10-9-11-13-25/h9-15,17-20,33H,7-8,16,21H2,1-6H3. The van der Waals surface area contributed by atoms with Crippen molar-refractivity contribution in [3.63, 3.8) is 0 Å². The lowest BCUT2D eigenvalue weighted by Crippen LogP contribution is -2.25. The van der Waals surface area contributed by atoms with Gasteiger partial charge in [0.2, 0.25) is 0 Å². The molecule has 0 radical (unpaired) electrons. The van der Waals surface area contributed by atoms with E-state index in [-0.39, 0.29) is 5.16 Å². The average Bonchev–Trinajstić information content (AvgIpc) is 2.80. The van der Waals surface area contributed by atoms with Crippen molar-refractivity contribution >= 4 is 20.1 Å². The van der Waals surface area contributed by atoms with Gasteiger partial charge in [0.1, 0.15) is 12.4 Å². The summed E-state index contributed by atoms with van der Waals surface area (Å²) < 4.78 is 6.58. The summed E-state index contributed by atoms with van der Waals surface area (Å²) in [6.45, 7) is 11.8. The average molecular weight is 460 g/mol. The predicted octanol–water partition coefficient (Wildman–Crippen LogP) is 7.65. The molecule has 3 rings (SSSR count). The van der Waals surface area contributed by atoms with Gasteiger partial charge in [0, 0.05) is 24.0 Å². The summed E-state index contributed by atoms with van der Waals surface area (Å²) in [6.07, 6.45) is 5.34. The van der Waals surface area contributed by atoms with Crippen molar-refractivity contribution < 1.29 is 4.74 Å². The van der Waals surface area contributed by atoms with E-state index in [2.05, 4.69) is 100 Å². The number of aliphatic imine (C=N–C) groups is 1. The van der Waals surface area contributed by atoms with Gasteiger partial charge in [-0.3, -0.25) is 4.99 Å². The Hall–Kier alpha value is -2.44. The van der Waals surface area contributed by atoms with Crippen molar-refractivity contribution in [3.8, 4) is 5.75 Å². The molecule has 2 nitrogen and oxygen atoms in total. The van der Waals surface area contributed by atoms with Crippen molar-refractivity contribution in [2.24, 2.45) is 4.99 Å². The van der Waals surface area contributed by atoms with Crippen molar-refractivity contribution in [2.75, 3.05) is 7.05 Å². The Labute approximate surface area is 202 Å². The van der Waals surface area contributed by atoms with E-state index in [1.54, 1.807) is 0 Å². The summed E-state index contributed by atoms with van der Waals surface area (Å²) >= 11 is 0. The maximum atomic E-state index is 6.58. The molecule has 3 heteroatoms. The highest BCUT2D eigenvalue weighted by molar-refractivity contribution is 7.48. The first kappa shape index (κ1) is 25.2. The highest BCUT2D eigenvalue weighted by atomic mass is 31.1. The second-order valence-electron chi connectivity index (χ2n) is 9.02. The van der Waals surface area contributed by atoms with Gasteiger partial charge in [0.05, 0.1) is 0 Å². The summed E-state index contributed by atoms with van der Waals surface area (Å²) in [5.74, 6) is 1.06. The Morgan fingerprint density at radius 1 is 0.939 bits per heavy atom. The molecule has 2 unspecified atom stereocenters. The fourth-order valence-corrected chi connectivity index (χ4v) is 6.51. The summed E-state index contributed by atoms with van der Waals surface area (Å²) in [5, 5.41) is 1.41. The molecule has 0 aliphatic carbocycles. The minimum Gasteiger partial charge on any atom is -0.488 e. The molecular formula is C30H38NOP. The van der Waals surface area contributed by atoms with E-state index in [9.17, 15) is 0 Å².